The van der Waals surface area contributed by atoms with Gasteiger partial charge < -0.3 is 5.32 Å². The van der Waals surface area contributed by atoms with Gasteiger partial charge in [-0.1, -0.05) is 31.5 Å². The van der Waals surface area contributed by atoms with E-state index < -0.39 is 0 Å². The van der Waals surface area contributed by atoms with Crippen LogP contribution in [0.5, 0.6) is 0 Å². The van der Waals surface area contributed by atoms with Crippen LogP contribution in [0, 0.1) is 0 Å². The van der Waals surface area contributed by atoms with Gasteiger partial charge in [0.2, 0.25) is 0 Å². The summed E-state index contributed by atoms with van der Waals surface area (Å²) in [7, 11) is 0. The minimum atomic E-state index is -0.128. The minimum absolute atomic E-state index is 0.128. The molecule has 0 spiro atoms. The SMILES string of the molecule is CCCc1ccnc(NC(=O)c2ccccc2)c1. The Bertz CT molecular complexity index is 523. The first kappa shape index (κ1) is 12.3. The Balaban J connectivity index is 2.10. The molecule has 92 valence electrons. The molecule has 1 N–H and O–H groups in total. The van der Waals surface area contributed by atoms with Crippen molar-refractivity contribution in [2.45, 2.75) is 19.8 Å². The average molecular weight is 240 g/mol. The van der Waals surface area contributed by atoms with Crippen molar-refractivity contribution in [3.05, 3.63) is 59.8 Å². The van der Waals surface area contributed by atoms with Gasteiger partial charge in [-0.25, -0.2) is 4.98 Å². The molecule has 1 aromatic heterocycles. The van der Waals surface area contributed by atoms with Crippen molar-refractivity contribution in [2.24, 2.45) is 0 Å². The lowest BCUT2D eigenvalue weighted by atomic mass is 10.1. The van der Waals surface area contributed by atoms with E-state index in [9.17, 15) is 4.79 Å². The molecule has 18 heavy (non-hydrogen) atoms. The number of aromatic nitrogens is 1. The monoisotopic (exact) mass is 240 g/mol. The van der Waals surface area contributed by atoms with Crippen molar-refractivity contribution < 1.29 is 4.79 Å². The van der Waals surface area contributed by atoms with Gasteiger partial charge in [-0.15, -0.1) is 0 Å². The molecular weight excluding hydrogens is 224 g/mol. The zero-order chi connectivity index (χ0) is 12.8. The highest BCUT2D eigenvalue weighted by Crippen LogP contribution is 2.10. The Morgan fingerprint density at radius 2 is 2.00 bits per heavy atom. The lowest BCUT2D eigenvalue weighted by Crippen LogP contribution is -2.12. The third-order valence-corrected chi connectivity index (χ3v) is 2.64. The highest BCUT2D eigenvalue weighted by atomic mass is 16.1. The van der Waals surface area contributed by atoms with Crippen LogP contribution in [0.25, 0.3) is 0 Å². The molecule has 1 heterocycles. The summed E-state index contributed by atoms with van der Waals surface area (Å²) in [5.74, 6) is 0.478. The van der Waals surface area contributed by atoms with Gasteiger partial charge in [-0.3, -0.25) is 4.79 Å². The highest BCUT2D eigenvalue weighted by molar-refractivity contribution is 6.03. The Morgan fingerprint density at radius 1 is 1.22 bits per heavy atom. The number of nitrogens with zero attached hydrogens (tertiary/aromatic N) is 1. The molecular formula is C15H16N2O. The van der Waals surface area contributed by atoms with Crippen molar-refractivity contribution in [3.63, 3.8) is 0 Å². The number of nitrogens with one attached hydrogen (secondary N) is 1. The van der Waals surface area contributed by atoms with E-state index in [2.05, 4.69) is 17.2 Å². The summed E-state index contributed by atoms with van der Waals surface area (Å²) < 4.78 is 0. The molecule has 1 amide bonds. The molecule has 2 aromatic rings. The van der Waals surface area contributed by atoms with E-state index in [1.807, 2.05) is 30.3 Å². The summed E-state index contributed by atoms with van der Waals surface area (Å²) in [5, 5.41) is 2.81. The van der Waals surface area contributed by atoms with Gasteiger partial charge in [0, 0.05) is 11.8 Å². The van der Waals surface area contributed by atoms with Crippen molar-refractivity contribution in [2.75, 3.05) is 5.32 Å². The number of rotatable bonds is 4. The van der Waals surface area contributed by atoms with Gasteiger partial charge in [-0.2, -0.15) is 0 Å². The molecule has 3 heteroatoms. The zero-order valence-electron chi connectivity index (χ0n) is 10.4. The van der Waals surface area contributed by atoms with Crippen LogP contribution in [0.4, 0.5) is 5.82 Å². The second-order valence-electron chi connectivity index (χ2n) is 4.12. The Kier molecular flexibility index (Phi) is 4.07. The highest BCUT2D eigenvalue weighted by Gasteiger charge is 2.05. The van der Waals surface area contributed by atoms with Crippen LogP contribution >= 0.6 is 0 Å². The third-order valence-electron chi connectivity index (χ3n) is 2.64. The van der Waals surface area contributed by atoms with Crippen LogP contribution in [-0.2, 0) is 6.42 Å². The van der Waals surface area contributed by atoms with Crippen molar-refractivity contribution >= 4 is 11.7 Å². The van der Waals surface area contributed by atoms with Gasteiger partial charge in [0.05, 0.1) is 0 Å². The largest absolute Gasteiger partial charge is 0.307 e. The summed E-state index contributed by atoms with van der Waals surface area (Å²) in [6.07, 6.45) is 3.80. The molecule has 0 bridgehead atoms. The van der Waals surface area contributed by atoms with Crippen LogP contribution < -0.4 is 5.32 Å². The predicted molar refractivity (Wildman–Crippen MR) is 72.6 cm³/mol. The van der Waals surface area contributed by atoms with Gasteiger partial charge in [0.1, 0.15) is 5.82 Å². The summed E-state index contributed by atoms with van der Waals surface area (Å²) in [6, 6.07) is 13.0. The molecule has 0 saturated heterocycles. The van der Waals surface area contributed by atoms with Crippen LogP contribution in [0.1, 0.15) is 29.3 Å². The van der Waals surface area contributed by atoms with Crippen LogP contribution in [0.3, 0.4) is 0 Å². The van der Waals surface area contributed by atoms with Gasteiger partial charge in [0.25, 0.3) is 5.91 Å². The van der Waals surface area contributed by atoms with Crippen molar-refractivity contribution in [1.29, 1.82) is 0 Å². The zero-order valence-corrected chi connectivity index (χ0v) is 10.4. The maximum Gasteiger partial charge on any atom is 0.256 e. The molecule has 0 aliphatic rings. The summed E-state index contributed by atoms with van der Waals surface area (Å²) in [4.78, 5) is 16.1. The quantitative estimate of drug-likeness (QED) is 0.891. The maximum absolute atomic E-state index is 11.9. The normalized spacial score (nSPS) is 10.1. The lowest BCUT2D eigenvalue weighted by Gasteiger charge is -2.06. The first-order chi connectivity index (χ1) is 8.79. The number of carbonyl (C=O) groups excluding carboxylic acids is 1. The molecule has 0 aliphatic heterocycles. The molecule has 0 aliphatic carbocycles. The first-order valence-electron chi connectivity index (χ1n) is 6.11. The fraction of sp³-hybridized carbons (Fsp3) is 0.200. The number of aryl methyl sites for hydroxylation is 1. The smallest absolute Gasteiger partial charge is 0.256 e. The standard InChI is InChI=1S/C15H16N2O/c1-2-6-12-9-10-16-14(11-12)17-15(18)13-7-4-3-5-8-13/h3-5,7-11H,2,6H2,1H3,(H,16,17,18). The second-order valence-corrected chi connectivity index (χ2v) is 4.12. The second kappa shape index (κ2) is 5.96. The molecule has 2 rings (SSSR count). The van der Waals surface area contributed by atoms with Gasteiger partial charge in [-0.05, 0) is 36.2 Å². The summed E-state index contributed by atoms with van der Waals surface area (Å²) in [6.45, 7) is 2.13. The van der Waals surface area contributed by atoms with Crippen molar-refractivity contribution in [1.82, 2.24) is 4.98 Å². The lowest BCUT2D eigenvalue weighted by molar-refractivity contribution is 0.102. The molecule has 0 radical (unpaired) electrons. The number of carbonyl (C=O) groups is 1. The number of amides is 1. The maximum atomic E-state index is 11.9. The summed E-state index contributed by atoms with van der Waals surface area (Å²) in [5.41, 5.74) is 1.83. The fourth-order valence-corrected chi connectivity index (χ4v) is 1.76. The number of hydrogen-bond acceptors (Lipinski definition) is 2. The van der Waals surface area contributed by atoms with E-state index in [1.165, 1.54) is 5.56 Å². The van der Waals surface area contributed by atoms with E-state index in [-0.39, 0.29) is 5.91 Å². The van der Waals surface area contributed by atoms with E-state index in [0.29, 0.717) is 11.4 Å². The van der Waals surface area contributed by atoms with Crippen LogP contribution in [0.2, 0.25) is 0 Å². The number of hydrogen-bond donors (Lipinski definition) is 1. The van der Waals surface area contributed by atoms with E-state index >= 15 is 0 Å². The Morgan fingerprint density at radius 3 is 2.72 bits per heavy atom. The molecule has 0 unspecified atom stereocenters. The fourth-order valence-electron chi connectivity index (χ4n) is 1.76. The van der Waals surface area contributed by atoms with Crippen LogP contribution in [-0.4, -0.2) is 10.9 Å². The topological polar surface area (TPSA) is 42.0 Å². The number of anilines is 1. The average Bonchev–Trinajstić information content (AvgIpc) is 2.40. The van der Waals surface area contributed by atoms with E-state index in [4.69, 9.17) is 0 Å². The molecule has 3 nitrogen and oxygen atoms in total. The third kappa shape index (κ3) is 3.17. The van der Waals surface area contributed by atoms with Gasteiger partial charge in [0.15, 0.2) is 0 Å². The number of benzene rings is 1. The van der Waals surface area contributed by atoms with Crippen molar-refractivity contribution in [3.8, 4) is 0 Å². The molecule has 0 fully saturated rings. The number of pyridine rings is 1. The molecule has 1 aromatic carbocycles. The van der Waals surface area contributed by atoms with E-state index in [0.717, 1.165) is 12.8 Å². The first-order valence-corrected chi connectivity index (χ1v) is 6.11. The van der Waals surface area contributed by atoms with Gasteiger partial charge >= 0.3 is 0 Å². The predicted octanol–water partition coefficient (Wildman–Crippen LogP) is 3.29. The van der Waals surface area contributed by atoms with Crippen LogP contribution in [0.15, 0.2) is 48.7 Å². The minimum Gasteiger partial charge on any atom is -0.307 e. The molecule has 0 saturated carbocycles. The summed E-state index contributed by atoms with van der Waals surface area (Å²) >= 11 is 0. The Hall–Kier alpha value is -2.16. The molecule has 0 atom stereocenters. The Labute approximate surface area is 107 Å². The van der Waals surface area contributed by atoms with E-state index in [1.54, 1.807) is 18.3 Å².